The quantitative estimate of drug-likeness (QED) is 0.767. The fraction of sp³-hybridized carbons (Fsp3) is 0.500. The second-order valence-electron chi connectivity index (χ2n) is 4.69. The molecule has 2 heterocycles. The molecule has 0 radical (unpaired) electrons. The van der Waals surface area contributed by atoms with E-state index in [-0.39, 0.29) is 24.0 Å². The standard InChI is InChI=1S/C12H15N3O4/c1-6(2)12-13-5-8(19-12)11(18)14-7-3-4-9(16)15-10(7)17/h5-7H,3-4H2,1-2H3,(H,14,18)(H,15,16,17)/t7-/m1/s1. The minimum atomic E-state index is -0.710. The molecule has 1 saturated heterocycles. The fourth-order valence-corrected chi connectivity index (χ4v) is 1.72. The summed E-state index contributed by atoms with van der Waals surface area (Å²) >= 11 is 0. The van der Waals surface area contributed by atoms with Crippen molar-refractivity contribution >= 4 is 17.7 Å². The summed E-state index contributed by atoms with van der Waals surface area (Å²) in [6.45, 7) is 3.79. The number of imide groups is 1. The van der Waals surface area contributed by atoms with Gasteiger partial charge in [0.15, 0.2) is 5.89 Å². The zero-order valence-corrected chi connectivity index (χ0v) is 10.7. The van der Waals surface area contributed by atoms with Crippen LogP contribution in [0.5, 0.6) is 0 Å². The lowest BCUT2D eigenvalue weighted by Gasteiger charge is -2.21. The lowest BCUT2D eigenvalue weighted by molar-refractivity contribution is -0.134. The Bertz CT molecular complexity index is 521. The zero-order chi connectivity index (χ0) is 14.0. The normalized spacial score (nSPS) is 19.4. The van der Waals surface area contributed by atoms with Gasteiger partial charge in [-0.1, -0.05) is 13.8 Å². The Labute approximate surface area is 109 Å². The van der Waals surface area contributed by atoms with Crippen LogP contribution in [0.25, 0.3) is 0 Å². The van der Waals surface area contributed by atoms with E-state index in [1.807, 2.05) is 13.8 Å². The van der Waals surface area contributed by atoms with Crippen molar-refractivity contribution in [3.05, 3.63) is 17.8 Å². The maximum Gasteiger partial charge on any atom is 0.289 e. The Morgan fingerprint density at radius 3 is 2.84 bits per heavy atom. The number of nitrogens with zero attached hydrogens (tertiary/aromatic N) is 1. The summed E-state index contributed by atoms with van der Waals surface area (Å²) in [5.41, 5.74) is 0. The predicted octanol–water partition coefficient (Wildman–Crippen LogP) is 0.333. The second-order valence-corrected chi connectivity index (χ2v) is 4.69. The number of amides is 3. The molecule has 0 saturated carbocycles. The van der Waals surface area contributed by atoms with Crippen LogP contribution < -0.4 is 10.6 Å². The molecule has 1 aromatic heterocycles. The first-order chi connectivity index (χ1) is 8.97. The van der Waals surface area contributed by atoms with Crippen molar-refractivity contribution in [2.45, 2.75) is 38.6 Å². The minimum absolute atomic E-state index is 0.0633. The van der Waals surface area contributed by atoms with E-state index < -0.39 is 17.9 Å². The molecule has 0 unspecified atom stereocenters. The van der Waals surface area contributed by atoms with Gasteiger partial charge in [0.05, 0.1) is 6.20 Å². The minimum Gasteiger partial charge on any atom is -0.435 e. The number of nitrogens with one attached hydrogen (secondary N) is 2. The summed E-state index contributed by atoms with van der Waals surface area (Å²) in [6.07, 6.45) is 1.84. The molecule has 3 amide bonds. The van der Waals surface area contributed by atoms with Crippen LogP contribution in [-0.2, 0) is 9.59 Å². The van der Waals surface area contributed by atoms with Gasteiger partial charge in [-0.25, -0.2) is 4.98 Å². The number of oxazole rings is 1. The van der Waals surface area contributed by atoms with E-state index in [9.17, 15) is 14.4 Å². The highest BCUT2D eigenvalue weighted by Crippen LogP contribution is 2.14. The molecule has 0 bridgehead atoms. The number of hydrogen-bond donors (Lipinski definition) is 2. The first-order valence-electron chi connectivity index (χ1n) is 6.07. The summed E-state index contributed by atoms with van der Waals surface area (Å²) in [4.78, 5) is 38.3. The zero-order valence-electron chi connectivity index (χ0n) is 10.7. The smallest absolute Gasteiger partial charge is 0.289 e. The van der Waals surface area contributed by atoms with Crippen LogP contribution in [0, 0.1) is 0 Å². The lowest BCUT2D eigenvalue weighted by Crippen LogP contribution is -2.52. The summed E-state index contributed by atoms with van der Waals surface area (Å²) in [6, 6.07) is -0.710. The summed E-state index contributed by atoms with van der Waals surface area (Å²) < 4.78 is 5.28. The number of hydrogen-bond acceptors (Lipinski definition) is 5. The van der Waals surface area contributed by atoms with Crippen LogP contribution >= 0.6 is 0 Å². The van der Waals surface area contributed by atoms with Crippen LogP contribution in [0.3, 0.4) is 0 Å². The van der Waals surface area contributed by atoms with E-state index >= 15 is 0 Å². The van der Waals surface area contributed by atoms with Gasteiger partial charge in [0.25, 0.3) is 5.91 Å². The molecule has 2 rings (SSSR count). The van der Waals surface area contributed by atoms with Gasteiger partial charge in [0.2, 0.25) is 17.6 Å². The van der Waals surface area contributed by atoms with Gasteiger partial charge in [-0.05, 0) is 6.42 Å². The van der Waals surface area contributed by atoms with Crippen molar-refractivity contribution in [1.82, 2.24) is 15.6 Å². The average Bonchev–Trinajstić information content (AvgIpc) is 2.82. The van der Waals surface area contributed by atoms with Crippen LogP contribution in [-0.4, -0.2) is 28.7 Å². The molecule has 7 heteroatoms. The van der Waals surface area contributed by atoms with Gasteiger partial charge in [-0.15, -0.1) is 0 Å². The molecule has 1 aliphatic rings. The van der Waals surface area contributed by atoms with Crippen molar-refractivity contribution in [2.75, 3.05) is 0 Å². The Morgan fingerprint density at radius 2 is 2.26 bits per heavy atom. The Kier molecular flexibility index (Phi) is 3.64. The number of piperidine rings is 1. The van der Waals surface area contributed by atoms with Gasteiger partial charge in [-0.3, -0.25) is 19.7 Å². The maximum atomic E-state index is 11.9. The number of aromatic nitrogens is 1. The SMILES string of the molecule is CC(C)c1ncc(C(=O)N[C@@H]2CCC(=O)NC2=O)o1. The van der Waals surface area contributed by atoms with Gasteiger partial charge >= 0.3 is 0 Å². The molecule has 0 spiro atoms. The molecule has 1 atom stereocenters. The highest BCUT2D eigenvalue weighted by atomic mass is 16.4. The summed E-state index contributed by atoms with van der Waals surface area (Å²) in [5, 5.41) is 4.69. The fourth-order valence-electron chi connectivity index (χ4n) is 1.72. The molecule has 2 N–H and O–H groups in total. The predicted molar refractivity (Wildman–Crippen MR) is 64.2 cm³/mol. The van der Waals surface area contributed by atoms with Gasteiger partial charge in [0.1, 0.15) is 6.04 Å². The Hall–Kier alpha value is -2.18. The molecule has 0 aliphatic carbocycles. The van der Waals surface area contributed by atoms with Gasteiger partial charge in [0, 0.05) is 12.3 Å². The monoisotopic (exact) mass is 265 g/mol. The van der Waals surface area contributed by atoms with Gasteiger partial charge < -0.3 is 9.73 Å². The van der Waals surface area contributed by atoms with E-state index in [1.54, 1.807) is 0 Å². The molecule has 1 aromatic rings. The number of rotatable bonds is 3. The Morgan fingerprint density at radius 1 is 1.53 bits per heavy atom. The second kappa shape index (κ2) is 5.21. The summed E-state index contributed by atoms with van der Waals surface area (Å²) in [7, 11) is 0. The van der Waals surface area contributed by atoms with E-state index in [2.05, 4.69) is 15.6 Å². The average molecular weight is 265 g/mol. The molecule has 19 heavy (non-hydrogen) atoms. The first kappa shape index (κ1) is 13.3. The molecule has 1 fully saturated rings. The third kappa shape index (κ3) is 2.98. The van der Waals surface area contributed by atoms with Crippen molar-refractivity contribution < 1.29 is 18.8 Å². The third-order valence-electron chi connectivity index (χ3n) is 2.79. The topological polar surface area (TPSA) is 101 Å². The van der Waals surface area contributed by atoms with E-state index in [1.165, 1.54) is 6.20 Å². The molecule has 0 aromatic carbocycles. The molecule has 102 valence electrons. The molecular formula is C12H15N3O4. The maximum absolute atomic E-state index is 11.9. The highest BCUT2D eigenvalue weighted by Gasteiger charge is 2.29. The summed E-state index contributed by atoms with van der Waals surface area (Å²) in [5.74, 6) is -0.710. The van der Waals surface area contributed by atoms with Crippen molar-refractivity contribution in [1.29, 1.82) is 0 Å². The number of carbonyl (C=O) groups excluding carboxylic acids is 3. The highest BCUT2D eigenvalue weighted by molar-refractivity contribution is 6.03. The molecule has 1 aliphatic heterocycles. The van der Waals surface area contributed by atoms with E-state index in [0.29, 0.717) is 12.3 Å². The van der Waals surface area contributed by atoms with Crippen LogP contribution in [0.4, 0.5) is 0 Å². The van der Waals surface area contributed by atoms with Crippen molar-refractivity contribution in [2.24, 2.45) is 0 Å². The molecule has 7 nitrogen and oxygen atoms in total. The van der Waals surface area contributed by atoms with E-state index in [0.717, 1.165) is 0 Å². The number of carbonyl (C=O) groups is 3. The van der Waals surface area contributed by atoms with Crippen molar-refractivity contribution in [3.63, 3.8) is 0 Å². The Balaban J connectivity index is 2.00. The van der Waals surface area contributed by atoms with Gasteiger partial charge in [-0.2, -0.15) is 0 Å². The lowest BCUT2D eigenvalue weighted by atomic mass is 10.1. The van der Waals surface area contributed by atoms with Crippen molar-refractivity contribution in [3.8, 4) is 0 Å². The van der Waals surface area contributed by atoms with Crippen LogP contribution in [0.15, 0.2) is 10.6 Å². The third-order valence-corrected chi connectivity index (χ3v) is 2.79. The van der Waals surface area contributed by atoms with Crippen LogP contribution in [0.1, 0.15) is 49.1 Å². The van der Waals surface area contributed by atoms with E-state index in [4.69, 9.17) is 4.42 Å². The largest absolute Gasteiger partial charge is 0.435 e. The molecular weight excluding hydrogens is 250 g/mol. The first-order valence-corrected chi connectivity index (χ1v) is 6.07. The van der Waals surface area contributed by atoms with Crippen LogP contribution in [0.2, 0.25) is 0 Å².